The number of carbonyl (C=O) groups excluding carboxylic acids is 1. The van der Waals surface area contributed by atoms with E-state index in [9.17, 15) is 4.79 Å². The molecule has 0 N–H and O–H groups in total. The Morgan fingerprint density at radius 3 is 2.85 bits per heavy atom. The zero-order valence-electron chi connectivity index (χ0n) is 16.2. The van der Waals surface area contributed by atoms with Gasteiger partial charge in [0, 0.05) is 50.5 Å². The Balaban J connectivity index is 1.73. The van der Waals surface area contributed by atoms with Crippen LogP contribution in [-0.2, 0) is 17.6 Å². The fraction of sp³-hybridized carbons (Fsp3) is 0.381. The van der Waals surface area contributed by atoms with Crippen LogP contribution in [0.15, 0.2) is 40.9 Å². The third kappa shape index (κ3) is 4.52. The van der Waals surface area contributed by atoms with Gasteiger partial charge in [-0.2, -0.15) is 0 Å². The third-order valence-corrected chi connectivity index (χ3v) is 4.66. The van der Waals surface area contributed by atoms with Crippen LogP contribution in [0.3, 0.4) is 0 Å². The highest BCUT2D eigenvalue weighted by Crippen LogP contribution is 2.19. The summed E-state index contributed by atoms with van der Waals surface area (Å²) < 4.78 is 10.8. The molecule has 0 saturated carbocycles. The highest BCUT2D eigenvalue weighted by molar-refractivity contribution is 5.97. The van der Waals surface area contributed by atoms with Gasteiger partial charge in [0.25, 0.3) is 5.91 Å². The monoisotopic (exact) mass is 367 g/mol. The summed E-state index contributed by atoms with van der Waals surface area (Å²) >= 11 is 0. The minimum absolute atomic E-state index is 0.0227. The lowest BCUT2D eigenvalue weighted by atomic mass is 10.1. The minimum atomic E-state index is -0.0492. The summed E-state index contributed by atoms with van der Waals surface area (Å²) in [4.78, 5) is 23.4. The van der Waals surface area contributed by atoms with E-state index in [1.54, 1.807) is 30.3 Å². The Labute approximate surface area is 159 Å². The van der Waals surface area contributed by atoms with E-state index in [2.05, 4.69) is 16.0 Å². The molecule has 142 valence electrons. The Bertz CT molecular complexity index is 935. The summed E-state index contributed by atoms with van der Waals surface area (Å²) in [6.07, 6.45) is 3.11. The van der Waals surface area contributed by atoms with Crippen LogP contribution in [-0.4, -0.2) is 47.6 Å². The van der Waals surface area contributed by atoms with E-state index in [1.807, 2.05) is 33.0 Å². The van der Waals surface area contributed by atoms with Crippen molar-refractivity contribution in [1.29, 1.82) is 0 Å². The summed E-state index contributed by atoms with van der Waals surface area (Å²) in [5.74, 6) is 0.565. The quantitative estimate of drug-likeness (QED) is 0.640. The number of fused-ring (bicyclic) bond motifs is 1. The standard InChI is InChI=1S/C21H25N3O3/c1-14-7-9-22-17(11-14)12-15(2)24(3)21(25)16-5-6-18-19(13-16)27-20(23-18)8-10-26-4/h5-7,9,11,13,15H,8,10,12H2,1-4H3. The predicted octanol–water partition coefficient (Wildman–Crippen LogP) is 3.42. The molecule has 3 aromatic rings. The minimum Gasteiger partial charge on any atom is -0.441 e. The lowest BCUT2D eigenvalue weighted by Crippen LogP contribution is -2.36. The number of aryl methyl sites for hydroxylation is 1. The number of hydrogen-bond donors (Lipinski definition) is 0. The first kappa shape index (κ1) is 19.0. The van der Waals surface area contributed by atoms with Crippen molar-refractivity contribution in [1.82, 2.24) is 14.9 Å². The van der Waals surface area contributed by atoms with Crippen molar-refractivity contribution < 1.29 is 13.9 Å². The molecule has 3 rings (SSSR count). The van der Waals surface area contributed by atoms with Crippen molar-refractivity contribution in [3.8, 4) is 0 Å². The Hall–Kier alpha value is -2.73. The Kier molecular flexibility index (Phi) is 5.86. The molecule has 1 amide bonds. The van der Waals surface area contributed by atoms with Gasteiger partial charge in [-0.1, -0.05) is 0 Å². The average Bonchev–Trinajstić information content (AvgIpc) is 3.07. The number of ether oxygens (including phenoxy) is 1. The van der Waals surface area contributed by atoms with Crippen molar-refractivity contribution in [2.75, 3.05) is 20.8 Å². The molecule has 2 aromatic heterocycles. The van der Waals surface area contributed by atoms with E-state index >= 15 is 0 Å². The second-order valence-corrected chi connectivity index (χ2v) is 6.83. The first-order valence-electron chi connectivity index (χ1n) is 9.05. The van der Waals surface area contributed by atoms with Crippen molar-refractivity contribution in [2.24, 2.45) is 0 Å². The first-order valence-corrected chi connectivity index (χ1v) is 9.05. The third-order valence-electron chi connectivity index (χ3n) is 4.66. The van der Waals surface area contributed by atoms with Crippen LogP contribution in [0.25, 0.3) is 11.1 Å². The van der Waals surface area contributed by atoms with E-state index in [0.29, 0.717) is 36.5 Å². The van der Waals surface area contributed by atoms with Crippen LogP contribution >= 0.6 is 0 Å². The van der Waals surface area contributed by atoms with Crippen molar-refractivity contribution >= 4 is 17.0 Å². The van der Waals surface area contributed by atoms with Crippen LogP contribution in [0.4, 0.5) is 0 Å². The molecule has 2 heterocycles. The maximum Gasteiger partial charge on any atom is 0.253 e. The SMILES string of the molecule is COCCc1nc2ccc(C(=O)N(C)C(C)Cc3cc(C)ccn3)cc2o1. The second kappa shape index (κ2) is 8.31. The number of aromatic nitrogens is 2. The molecule has 0 aliphatic rings. The van der Waals surface area contributed by atoms with Crippen LogP contribution in [0.2, 0.25) is 0 Å². The highest BCUT2D eigenvalue weighted by Gasteiger charge is 2.19. The number of rotatable bonds is 7. The first-order chi connectivity index (χ1) is 13.0. The molecule has 0 saturated heterocycles. The highest BCUT2D eigenvalue weighted by atomic mass is 16.5. The van der Waals surface area contributed by atoms with Gasteiger partial charge < -0.3 is 14.1 Å². The van der Waals surface area contributed by atoms with Crippen LogP contribution < -0.4 is 0 Å². The van der Waals surface area contributed by atoms with E-state index < -0.39 is 0 Å². The van der Waals surface area contributed by atoms with E-state index in [0.717, 1.165) is 11.2 Å². The molecular formula is C21H25N3O3. The topological polar surface area (TPSA) is 68.5 Å². The summed E-state index contributed by atoms with van der Waals surface area (Å²) in [7, 11) is 3.46. The largest absolute Gasteiger partial charge is 0.441 e. The lowest BCUT2D eigenvalue weighted by Gasteiger charge is -2.25. The molecule has 6 nitrogen and oxygen atoms in total. The molecule has 1 atom stereocenters. The number of methoxy groups -OCH3 is 1. The molecule has 27 heavy (non-hydrogen) atoms. The van der Waals surface area contributed by atoms with Gasteiger partial charge in [-0.15, -0.1) is 0 Å². The van der Waals surface area contributed by atoms with Crippen molar-refractivity contribution in [2.45, 2.75) is 32.7 Å². The van der Waals surface area contributed by atoms with Crippen LogP contribution in [0.1, 0.15) is 34.4 Å². The molecular weight excluding hydrogens is 342 g/mol. The summed E-state index contributed by atoms with van der Waals surface area (Å²) in [5.41, 5.74) is 4.10. The zero-order chi connectivity index (χ0) is 19.4. The molecule has 0 spiro atoms. The number of pyridine rings is 1. The molecule has 6 heteroatoms. The average molecular weight is 367 g/mol. The maximum absolute atomic E-state index is 12.9. The summed E-state index contributed by atoms with van der Waals surface area (Å²) in [6.45, 7) is 4.61. The van der Waals surface area contributed by atoms with Gasteiger partial charge in [-0.05, 0) is 49.7 Å². The zero-order valence-corrected chi connectivity index (χ0v) is 16.2. The van der Waals surface area contributed by atoms with Gasteiger partial charge in [-0.25, -0.2) is 4.98 Å². The van der Waals surface area contributed by atoms with Gasteiger partial charge in [-0.3, -0.25) is 9.78 Å². The van der Waals surface area contributed by atoms with E-state index in [-0.39, 0.29) is 11.9 Å². The number of hydrogen-bond acceptors (Lipinski definition) is 5. The summed E-state index contributed by atoms with van der Waals surface area (Å²) in [6, 6.07) is 9.42. The molecule has 0 radical (unpaired) electrons. The number of carbonyl (C=O) groups is 1. The van der Waals surface area contributed by atoms with Gasteiger partial charge in [0.15, 0.2) is 11.5 Å². The van der Waals surface area contributed by atoms with Gasteiger partial charge >= 0.3 is 0 Å². The van der Waals surface area contributed by atoms with Gasteiger partial charge in [0.2, 0.25) is 0 Å². The maximum atomic E-state index is 12.9. The number of benzene rings is 1. The smallest absolute Gasteiger partial charge is 0.253 e. The molecule has 1 aromatic carbocycles. The van der Waals surface area contributed by atoms with Gasteiger partial charge in [0.05, 0.1) is 6.61 Å². The van der Waals surface area contributed by atoms with Crippen LogP contribution in [0, 0.1) is 6.92 Å². The predicted molar refractivity (Wildman–Crippen MR) is 104 cm³/mol. The second-order valence-electron chi connectivity index (χ2n) is 6.83. The van der Waals surface area contributed by atoms with Crippen molar-refractivity contribution in [3.63, 3.8) is 0 Å². The molecule has 0 aliphatic carbocycles. The lowest BCUT2D eigenvalue weighted by molar-refractivity contribution is 0.0743. The Morgan fingerprint density at radius 1 is 1.30 bits per heavy atom. The van der Waals surface area contributed by atoms with Crippen molar-refractivity contribution in [3.05, 3.63) is 59.2 Å². The van der Waals surface area contributed by atoms with Gasteiger partial charge in [0.1, 0.15) is 5.52 Å². The molecule has 0 fully saturated rings. The number of nitrogens with zero attached hydrogens (tertiary/aromatic N) is 3. The van der Waals surface area contributed by atoms with E-state index in [4.69, 9.17) is 9.15 Å². The normalized spacial score (nSPS) is 12.3. The number of amides is 1. The number of oxazole rings is 1. The van der Waals surface area contributed by atoms with Crippen LogP contribution in [0.5, 0.6) is 0 Å². The fourth-order valence-electron chi connectivity index (χ4n) is 2.96. The number of likely N-dealkylation sites (N-methyl/N-ethyl adjacent to an activating group) is 1. The fourth-order valence-corrected chi connectivity index (χ4v) is 2.96. The molecule has 0 bridgehead atoms. The summed E-state index contributed by atoms with van der Waals surface area (Å²) in [5, 5.41) is 0. The molecule has 0 aliphatic heterocycles. The van der Waals surface area contributed by atoms with E-state index in [1.165, 1.54) is 5.56 Å². The molecule has 1 unspecified atom stereocenters. The Morgan fingerprint density at radius 2 is 2.11 bits per heavy atom.